The fraction of sp³-hybridized carbons (Fsp3) is 0.333. The van der Waals surface area contributed by atoms with Crippen LogP contribution in [-0.2, 0) is 12.4 Å². The molecule has 0 saturated heterocycles. The molecular weight excluding hydrogens is 342 g/mol. The van der Waals surface area contributed by atoms with Gasteiger partial charge in [-0.1, -0.05) is 6.07 Å². The quantitative estimate of drug-likeness (QED) is 0.647. The molecule has 1 aliphatic rings. The van der Waals surface area contributed by atoms with E-state index in [0.717, 1.165) is 16.6 Å². The van der Waals surface area contributed by atoms with Gasteiger partial charge in [0.05, 0.1) is 5.69 Å². The van der Waals surface area contributed by atoms with E-state index in [4.69, 9.17) is 11.6 Å². The van der Waals surface area contributed by atoms with E-state index >= 15 is 0 Å². The molecule has 1 heterocycles. The average molecular weight is 357 g/mol. The molecule has 1 nitrogen and oxygen atoms in total. The van der Waals surface area contributed by atoms with Crippen LogP contribution in [0, 0.1) is 0 Å². The van der Waals surface area contributed by atoms with Crippen LogP contribution in [0.15, 0.2) is 39.5 Å². The second-order valence-electron chi connectivity index (χ2n) is 4.91. The van der Waals surface area contributed by atoms with Gasteiger partial charge in [-0.15, -0.1) is 11.6 Å². The fourth-order valence-corrected chi connectivity index (χ4v) is 3.72. The van der Waals surface area contributed by atoms with Crippen LogP contribution >= 0.6 is 38.9 Å². The molecule has 1 aromatic heterocycles. The van der Waals surface area contributed by atoms with Gasteiger partial charge in [0.25, 0.3) is 0 Å². The van der Waals surface area contributed by atoms with E-state index in [2.05, 4.69) is 55.9 Å². The third-order valence-electron chi connectivity index (χ3n) is 3.40. The van der Waals surface area contributed by atoms with Gasteiger partial charge >= 0.3 is 0 Å². The van der Waals surface area contributed by atoms with Crippen molar-refractivity contribution in [2.24, 2.45) is 0 Å². The highest BCUT2D eigenvalue weighted by Gasteiger charge is 2.30. The van der Waals surface area contributed by atoms with Gasteiger partial charge in [-0.2, -0.15) is 11.3 Å². The first-order chi connectivity index (χ1) is 9.28. The Hall–Kier alpha value is -0.510. The first kappa shape index (κ1) is 13.5. The van der Waals surface area contributed by atoms with E-state index in [1.807, 2.05) is 0 Å². The number of halogens is 2. The molecule has 3 rings (SSSR count). The molecule has 4 heteroatoms. The summed E-state index contributed by atoms with van der Waals surface area (Å²) >= 11 is 11.3. The van der Waals surface area contributed by atoms with E-state index in [9.17, 15) is 0 Å². The largest absolute Gasteiger partial charge is 0.363 e. The van der Waals surface area contributed by atoms with Crippen molar-refractivity contribution >= 4 is 44.6 Å². The minimum Gasteiger partial charge on any atom is -0.363 e. The molecule has 0 bridgehead atoms. The predicted molar refractivity (Wildman–Crippen MR) is 87.2 cm³/mol. The average Bonchev–Trinajstić information content (AvgIpc) is 3.14. The van der Waals surface area contributed by atoms with Gasteiger partial charge in [-0.3, -0.25) is 0 Å². The Morgan fingerprint density at radius 3 is 2.68 bits per heavy atom. The Morgan fingerprint density at radius 2 is 2.11 bits per heavy atom. The topological polar surface area (TPSA) is 3.24 Å². The summed E-state index contributed by atoms with van der Waals surface area (Å²) in [5.74, 6) is 0.562. The van der Waals surface area contributed by atoms with Crippen LogP contribution in [-0.4, -0.2) is 6.04 Å². The standard InChI is InChI=1S/C15H15BrClNS/c16-14-7-11(8-17)1-4-15(14)18(13-2-3-13)9-12-5-6-19-10-12/h1,4-7,10,13H,2-3,8-9H2. The highest BCUT2D eigenvalue weighted by atomic mass is 79.9. The second kappa shape index (κ2) is 5.86. The van der Waals surface area contributed by atoms with Gasteiger partial charge in [0.2, 0.25) is 0 Å². The van der Waals surface area contributed by atoms with Crippen LogP contribution in [0.1, 0.15) is 24.0 Å². The Morgan fingerprint density at radius 1 is 1.26 bits per heavy atom. The smallest absolute Gasteiger partial charge is 0.0516 e. The van der Waals surface area contributed by atoms with Gasteiger partial charge in [0, 0.05) is 22.9 Å². The summed E-state index contributed by atoms with van der Waals surface area (Å²) in [5, 5.41) is 4.38. The van der Waals surface area contributed by atoms with Gasteiger partial charge < -0.3 is 4.90 Å². The van der Waals surface area contributed by atoms with Crippen molar-refractivity contribution in [1.82, 2.24) is 0 Å². The van der Waals surface area contributed by atoms with Crippen molar-refractivity contribution < 1.29 is 0 Å². The number of hydrogen-bond acceptors (Lipinski definition) is 2. The number of anilines is 1. The highest BCUT2D eigenvalue weighted by Crippen LogP contribution is 2.37. The molecule has 1 saturated carbocycles. The molecule has 1 aromatic carbocycles. The number of alkyl halides is 1. The van der Waals surface area contributed by atoms with Crippen LogP contribution in [0.3, 0.4) is 0 Å². The number of thiophene rings is 1. The number of nitrogens with zero attached hydrogens (tertiary/aromatic N) is 1. The first-order valence-corrected chi connectivity index (χ1v) is 8.67. The van der Waals surface area contributed by atoms with Crippen LogP contribution in [0.2, 0.25) is 0 Å². The van der Waals surface area contributed by atoms with Crippen LogP contribution in [0.5, 0.6) is 0 Å². The molecule has 0 aliphatic heterocycles. The monoisotopic (exact) mass is 355 g/mol. The van der Waals surface area contributed by atoms with E-state index in [1.54, 1.807) is 11.3 Å². The third-order valence-corrected chi connectivity index (χ3v) is 5.07. The molecule has 2 aromatic rings. The lowest BCUT2D eigenvalue weighted by molar-refractivity contribution is 0.794. The van der Waals surface area contributed by atoms with Crippen LogP contribution in [0.25, 0.3) is 0 Å². The molecule has 0 atom stereocenters. The molecule has 0 spiro atoms. The number of hydrogen-bond donors (Lipinski definition) is 0. The van der Waals surface area contributed by atoms with Crippen LogP contribution < -0.4 is 4.90 Å². The van der Waals surface area contributed by atoms with Crippen molar-refractivity contribution in [3.63, 3.8) is 0 Å². The summed E-state index contributed by atoms with van der Waals surface area (Å²) < 4.78 is 1.15. The maximum absolute atomic E-state index is 5.89. The number of benzene rings is 1. The molecule has 19 heavy (non-hydrogen) atoms. The molecule has 0 N–H and O–H groups in total. The van der Waals surface area contributed by atoms with Crippen molar-refractivity contribution in [3.8, 4) is 0 Å². The summed E-state index contributed by atoms with van der Waals surface area (Å²) in [6.45, 7) is 0.993. The lowest BCUT2D eigenvalue weighted by Crippen LogP contribution is -2.25. The van der Waals surface area contributed by atoms with E-state index in [-0.39, 0.29) is 0 Å². The summed E-state index contributed by atoms with van der Waals surface area (Å²) in [6.07, 6.45) is 2.60. The van der Waals surface area contributed by atoms with E-state index < -0.39 is 0 Å². The molecule has 1 aliphatic carbocycles. The third kappa shape index (κ3) is 3.15. The van der Waals surface area contributed by atoms with Gasteiger partial charge in [-0.25, -0.2) is 0 Å². The van der Waals surface area contributed by atoms with Gasteiger partial charge in [0.15, 0.2) is 0 Å². The zero-order chi connectivity index (χ0) is 13.2. The lowest BCUT2D eigenvalue weighted by atomic mass is 10.2. The van der Waals surface area contributed by atoms with Gasteiger partial charge in [0.1, 0.15) is 0 Å². The molecule has 0 radical (unpaired) electrons. The summed E-state index contributed by atoms with van der Waals surface area (Å²) in [5.41, 5.74) is 3.83. The molecule has 1 fully saturated rings. The minimum absolute atomic E-state index is 0.562. The minimum atomic E-state index is 0.562. The zero-order valence-electron chi connectivity index (χ0n) is 10.5. The molecule has 0 amide bonds. The van der Waals surface area contributed by atoms with E-state index in [0.29, 0.717) is 11.9 Å². The maximum atomic E-state index is 5.89. The van der Waals surface area contributed by atoms with Gasteiger partial charge in [-0.05, 0) is 68.9 Å². The van der Waals surface area contributed by atoms with E-state index in [1.165, 1.54) is 24.1 Å². The zero-order valence-corrected chi connectivity index (χ0v) is 13.6. The first-order valence-electron chi connectivity index (χ1n) is 6.40. The van der Waals surface area contributed by atoms with Crippen molar-refractivity contribution in [2.75, 3.05) is 4.90 Å². The molecule has 100 valence electrons. The summed E-state index contributed by atoms with van der Waals surface area (Å²) in [6, 6.07) is 9.34. The normalized spacial score (nSPS) is 14.6. The molecular formula is C15H15BrClNS. The Bertz CT molecular complexity index is 551. The SMILES string of the molecule is ClCc1ccc(N(Cc2ccsc2)C2CC2)c(Br)c1. The van der Waals surface area contributed by atoms with Crippen molar-refractivity contribution in [3.05, 3.63) is 50.6 Å². The van der Waals surface area contributed by atoms with Crippen LogP contribution in [0.4, 0.5) is 5.69 Å². The maximum Gasteiger partial charge on any atom is 0.0516 e. The number of rotatable bonds is 5. The fourth-order valence-electron chi connectivity index (χ4n) is 2.24. The van der Waals surface area contributed by atoms with Crippen molar-refractivity contribution in [1.29, 1.82) is 0 Å². The Balaban J connectivity index is 1.87. The highest BCUT2D eigenvalue weighted by molar-refractivity contribution is 9.10. The summed E-state index contributed by atoms with van der Waals surface area (Å²) in [7, 11) is 0. The second-order valence-corrected chi connectivity index (χ2v) is 6.81. The lowest BCUT2D eigenvalue weighted by Gasteiger charge is -2.26. The summed E-state index contributed by atoms with van der Waals surface area (Å²) in [4.78, 5) is 2.50. The molecule has 0 unspecified atom stereocenters. The Kier molecular flexibility index (Phi) is 4.15. The van der Waals surface area contributed by atoms with Crippen molar-refractivity contribution in [2.45, 2.75) is 31.3 Å². The Labute approximate surface area is 131 Å². The predicted octanol–water partition coefficient (Wildman–Crippen LogP) is 5.42.